The Morgan fingerprint density at radius 2 is 2.13 bits per heavy atom. The third-order valence-electron chi connectivity index (χ3n) is 2.33. The number of aromatic nitrogens is 1. The molecule has 0 aliphatic carbocycles. The van der Waals surface area contributed by atoms with E-state index >= 15 is 0 Å². The van der Waals surface area contributed by atoms with Crippen molar-refractivity contribution in [3.63, 3.8) is 0 Å². The highest BCUT2D eigenvalue weighted by atomic mass is 79.9. The van der Waals surface area contributed by atoms with Crippen LogP contribution in [0.4, 0.5) is 0 Å². The molecule has 2 aromatic rings. The third-order valence-corrected chi connectivity index (χ3v) is 2.82. The molecule has 1 aromatic heterocycles. The van der Waals surface area contributed by atoms with Gasteiger partial charge in [0.05, 0.1) is 0 Å². The second kappa shape index (κ2) is 4.99. The number of nitrogens with two attached hydrogens (primary N) is 2. The Kier molecular flexibility index (Phi) is 4.16. The van der Waals surface area contributed by atoms with Gasteiger partial charge in [-0.05, 0) is 23.8 Å². The molecule has 0 amide bonds. The molecule has 0 radical (unpaired) electrons. The molecule has 0 aliphatic rings. The van der Waals surface area contributed by atoms with E-state index in [-0.39, 0.29) is 18.4 Å². The van der Waals surface area contributed by atoms with Crippen molar-refractivity contribution in [2.75, 3.05) is 6.54 Å². The van der Waals surface area contributed by atoms with Gasteiger partial charge in [0.25, 0.3) is 0 Å². The monoisotopic (exact) mass is 289 g/mol. The highest BCUT2D eigenvalue weighted by molar-refractivity contribution is 9.10. The fourth-order valence-corrected chi connectivity index (χ4v) is 1.91. The maximum atomic E-state index is 5.89. The maximum Gasteiger partial charge on any atom is 0.0458 e. The van der Waals surface area contributed by atoms with E-state index in [4.69, 9.17) is 11.5 Å². The molecular weight excluding hydrogens is 277 g/mol. The zero-order chi connectivity index (χ0) is 10.1. The summed E-state index contributed by atoms with van der Waals surface area (Å²) in [7, 11) is 0. The van der Waals surface area contributed by atoms with Crippen LogP contribution in [0.5, 0.6) is 0 Å². The SMILES string of the molecule is Cl.NC[C@H](N)c1c[nH]c2ccc(Br)cc12. The number of rotatable bonds is 2. The molecule has 0 saturated carbocycles. The predicted octanol–water partition coefficient (Wildman–Crippen LogP) is 2.31. The highest BCUT2D eigenvalue weighted by Gasteiger charge is 2.09. The molecule has 0 fully saturated rings. The van der Waals surface area contributed by atoms with E-state index < -0.39 is 0 Å². The van der Waals surface area contributed by atoms with Crippen molar-refractivity contribution >= 4 is 39.2 Å². The van der Waals surface area contributed by atoms with Crippen LogP contribution in [0.25, 0.3) is 10.9 Å². The van der Waals surface area contributed by atoms with Gasteiger partial charge in [0.2, 0.25) is 0 Å². The van der Waals surface area contributed by atoms with Gasteiger partial charge >= 0.3 is 0 Å². The van der Waals surface area contributed by atoms with Crippen molar-refractivity contribution in [3.8, 4) is 0 Å². The van der Waals surface area contributed by atoms with Crippen LogP contribution in [0.15, 0.2) is 28.9 Å². The lowest BCUT2D eigenvalue weighted by Crippen LogP contribution is -2.20. The Morgan fingerprint density at radius 3 is 2.80 bits per heavy atom. The molecule has 82 valence electrons. The first kappa shape index (κ1) is 12.5. The topological polar surface area (TPSA) is 67.8 Å². The second-order valence-corrected chi connectivity index (χ2v) is 4.19. The largest absolute Gasteiger partial charge is 0.361 e. The first-order valence-corrected chi connectivity index (χ1v) is 5.24. The molecule has 1 heterocycles. The average molecular weight is 291 g/mol. The lowest BCUT2D eigenvalue weighted by Gasteiger charge is -2.06. The van der Waals surface area contributed by atoms with Crippen LogP contribution in [0.3, 0.4) is 0 Å². The summed E-state index contributed by atoms with van der Waals surface area (Å²) in [5.41, 5.74) is 13.6. The summed E-state index contributed by atoms with van der Waals surface area (Å²) in [6.07, 6.45) is 1.93. The minimum atomic E-state index is -0.0990. The van der Waals surface area contributed by atoms with E-state index in [0.717, 1.165) is 20.9 Å². The van der Waals surface area contributed by atoms with Gasteiger partial charge in [-0.25, -0.2) is 0 Å². The van der Waals surface area contributed by atoms with E-state index in [1.54, 1.807) is 0 Å². The van der Waals surface area contributed by atoms with Crippen LogP contribution in [-0.2, 0) is 0 Å². The van der Waals surface area contributed by atoms with Crippen LogP contribution in [-0.4, -0.2) is 11.5 Å². The quantitative estimate of drug-likeness (QED) is 0.794. The summed E-state index contributed by atoms with van der Waals surface area (Å²) in [6.45, 7) is 0.458. The standard InChI is InChI=1S/C10H12BrN3.ClH/c11-6-1-2-10-7(3-6)8(5-14-10)9(13)4-12;/h1-3,5,9,14H,4,12-13H2;1H/t9-;/m0./s1. The van der Waals surface area contributed by atoms with Crippen LogP contribution in [0, 0.1) is 0 Å². The smallest absolute Gasteiger partial charge is 0.0458 e. The molecule has 5 heteroatoms. The molecule has 5 N–H and O–H groups in total. The van der Waals surface area contributed by atoms with Crippen molar-refractivity contribution in [2.24, 2.45) is 11.5 Å². The molecule has 0 saturated heterocycles. The summed E-state index contributed by atoms with van der Waals surface area (Å²) in [5, 5.41) is 1.14. The van der Waals surface area contributed by atoms with E-state index in [1.807, 2.05) is 18.3 Å². The zero-order valence-electron chi connectivity index (χ0n) is 8.03. The van der Waals surface area contributed by atoms with Crippen LogP contribution in [0.2, 0.25) is 0 Å². The minimum Gasteiger partial charge on any atom is -0.361 e. The molecule has 1 aromatic carbocycles. The molecule has 0 aliphatic heterocycles. The molecule has 15 heavy (non-hydrogen) atoms. The van der Waals surface area contributed by atoms with Gasteiger partial charge < -0.3 is 16.5 Å². The number of hydrogen-bond acceptors (Lipinski definition) is 2. The number of H-pyrrole nitrogens is 1. The third kappa shape index (κ3) is 2.34. The normalized spacial score (nSPS) is 12.5. The van der Waals surface area contributed by atoms with Gasteiger partial charge in [-0.2, -0.15) is 0 Å². The molecule has 1 atom stereocenters. The Bertz CT molecular complexity index is 455. The Labute approximate surface area is 103 Å². The van der Waals surface area contributed by atoms with Gasteiger partial charge in [-0.1, -0.05) is 15.9 Å². The van der Waals surface area contributed by atoms with Crippen LogP contribution < -0.4 is 11.5 Å². The first-order chi connectivity index (χ1) is 6.72. The van der Waals surface area contributed by atoms with E-state index in [0.29, 0.717) is 6.54 Å². The zero-order valence-corrected chi connectivity index (χ0v) is 10.4. The van der Waals surface area contributed by atoms with Crippen molar-refractivity contribution in [1.29, 1.82) is 0 Å². The molecular formula is C10H13BrClN3. The van der Waals surface area contributed by atoms with Gasteiger partial charge in [0.15, 0.2) is 0 Å². The fourth-order valence-electron chi connectivity index (χ4n) is 1.55. The fraction of sp³-hybridized carbons (Fsp3) is 0.200. The van der Waals surface area contributed by atoms with Crippen molar-refractivity contribution in [1.82, 2.24) is 4.98 Å². The van der Waals surface area contributed by atoms with E-state index in [1.165, 1.54) is 0 Å². The van der Waals surface area contributed by atoms with Crippen LogP contribution >= 0.6 is 28.3 Å². The number of benzene rings is 1. The summed E-state index contributed by atoms with van der Waals surface area (Å²) >= 11 is 3.44. The molecule has 3 nitrogen and oxygen atoms in total. The summed E-state index contributed by atoms with van der Waals surface area (Å²) in [4.78, 5) is 3.17. The number of nitrogens with one attached hydrogen (secondary N) is 1. The number of aromatic amines is 1. The Hall–Kier alpha value is -0.550. The second-order valence-electron chi connectivity index (χ2n) is 3.28. The number of hydrogen-bond donors (Lipinski definition) is 3. The summed E-state index contributed by atoms with van der Waals surface area (Å²) in [6, 6.07) is 5.97. The first-order valence-electron chi connectivity index (χ1n) is 4.44. The highest BCUT2D eigenvalue weighted by Crippen LogP contribution is 2.25. The lowest BCUT2D eigenvalue weighted by atomic mass is 10.1. The number of halogens is 2. The summed E-state index contributed by atoms with van der Waals surface area (Å²) in [5.74, 6) is 0. The van der Waals surface area contributed by atoms with Gasteiger partial charge in [0.1, 0.15) is 0 Å². The summed E-state index contributed by atoms with van der Waals surface area (Å²) < 4.78 is 1.05. The molecule has 0 spiro atoms. The molecule has 0 unspecified atom stereocenters. The molecule has 0 bridgehead atoms. The van der Waals surface area contributed by atoms with Gasteiger partial charge in [-0.3, -0.25) is 0 Å². The van der Waals surface area contributed by atoms with Crippen molar-refractivity contribution in [3.05, 3.63) is 34.4 Å². The van der Waals surface area contributed by atoms with Crippen molar-refractivity contribution in [2.45, 2.75) is 6.04 Å². The van der Waals surface area contributed by atoms with Gasteiger partial charge in [-0.15, -0.1) is 12.4 Å². The average Bonchev–Trinajstić information content (AvgIpc) is 2.59. The Morgan fingerprint density at radius 1 is 1.40 bits per heavy atom. The molecule has 2 rings (SSSR count). The predicted molar refractivity (Wildman–Crippen MR) is 69.2 cm³/mol. The van der Waals surface area contributed by atoms with E-state index in [9.17, 15) is 0 Å². The minimum absolute atomic E-state index is 0. The van der Waals surface area contributed by atoms with E-state index in [2.05, 4.69) is 27.0 Å². The Balaban J connectivity index is 0.00000112. The number of fused-ring (bicyclic) bond motifs is 1. The maximum absolute atomic E-state index is 5.89. The lowest BCUT2D eigenvalue weighted by molar-refractivity contribution is 0.743. The van der Waals surface area contributed by atoms with Gasteiger partial charge in [0, 0.05) is 34.2 Å². The van der Waals surface area contributed by atoms with Crippen molar-refractivity contribution < 1.29 is 0 Å². The van der Waals surface area contributed by atoms with Crippen LogP contribution in [0.1, 0.15) is 11.6 Å².